The number of rotatable bonds is 7. The molecule has 1 aromatic carbocycles. The fourth-order valence-electron chi connectivity index (χ4n) is 2.20. The Bertz CT molecular complexity index is 767. The molecule has 2 rings (SSSR count). The molecule has 0 unspecified atom stereocenters. The number of aryl methyl sites for hydroxylation is 1. The van der Waals surface area contributed by atoms with Crippen LogP contribution in [-0.2, 0) is 21.4 Å². The van der Waals surface area contributed by atoms with Crippen molar-refractivity contribution in [1.82, 2.24) is 19.7 Å². The van der Waals surface area contributed by atoms with Crippen molar-refractivity contribution in [3.8, 4) is 0 Å². The van der Waals surface area contributed by atoms with Crippen molar-refractivity contribution in [3.63, 3.8) is 0 Å². The largest absolute Gasteiger partial charge is 0.361 e. The highest BCUT2D eigenvalue weighted by atomic mass is 32.2. The molecular weight excluding hydrogens is 304 g/mol. The van der Waals surface area contributed by atoms with Gasteiger partial charge in [0, 0.05) is 30.7 Å². The molecule has 2 aromatic rings. The third kappa shape index (κ3) is 4.06. The molecule has 0 bridgehead atoms. The summed E-state index contributed by atoms with van der Waals surface area (Å²) >= 11 is 0. The summed E-state index contributed by atoms with van der Waals surface area (Å²) < 4.78 is 26.5. The maximum Gasteiger partial charge on any atom is 0.277 e. The molecule has 0 aliphatic carbocycles. The van der Waals surface area contributed by atoms with Crippen LogP contribution in [0.3, 0.4) is 0 Å². The maximum absolute atomic E-state index is 11.6. The lowest BCUT2D eigenvalue weighted by atomic mass is 10.1. The fraction of sp³-hybridized carbons (Fsp3) is 0.357. The van der Waals surface area contributed by atoms with Crippen molar-refractivity contribution in [2.24, 2.45) is 0 Å². The van der Waals surface area contributed by atoms with Crippen LogP contribution in [0.1, 0.15) is 11.1 Å². The molecule has 0 spiro atoms. The minimum Gasteiger partial charge on any atom is -0.361 e. The molecule has 1 amide bonds. The molecule has 1 heterocycles. The van der Waals surface area contributed by atoms with E-state index in [-0.39, 0.29) is 12.5 Å². The van der Waals surface area contributed by atoms with Crippen LogP contribution in [0.2, 0.25) is 0 Å². The second-order valence-electron chi connectivity index (χ2n) is 4.94. The molecular formula is C14H20N4O3S. The number of aromatic amines is 1. The van der Waals surface area contributed by atoms with Gasteiger partial charge < -0.3 is 10.3 Å². The van der Waals surface area contributed by atoms with Gasteiger partial charge in [-0.2, -0.15) is 13.1 Å². The standard InChI is InChI=1S/C14H20N4O3S/c1-10-4-3-5-12-11(8-17-14(10)12)6-7-16-13(19)9-18-22(20,21)15-2/h3-5,8,15,17-18H,6-7,9H2,1-2H3,(H,16,19). The second kappa shape index (κ2) is 6.91. The Morgan fingerprint density at radius 1 is 1.32 bits per heavy atom. The van der Waals surface area contributed by atoms with Crippen molar-refractivity contribution in [1.29, 1.82) is 0 Å². The van der Waals surface area contributed by atoms with Gasteiger partial charge in [0.05, 0.1) is 6.54 Å². The van der Waals surface area contributed by atoms with Gasteiger partial charge in [-0.05, 0) is 24.5 Å². The summed E-state index contributed by atoms with van der Waals surface area (Å²) in [6.07, 6.45) is 2.61. The molecule has 7 nitrogen and oxygen atoms in total. The van der Waals surface area contributed by atoms with Crippen molar-refractivity contribution < 1.29 is 13.2 Å². The average molecular weight is 324 g/mol. The van der Waals surface area contributed by atoms with Gasteiger partial charge in [-0.15, -0.1) is 0 Å². The number of hydrogen-bond donors (Lipinski definition) is 4. The quantitative estimate of drug-likeness (QED) is 0.584. The molecule has 120 valence electrons. The van der Waals surface area contributed by atoms with Gasteiger partial charge in [0.15, 0.2) is 0 Å². The smallest absolute Gasteiger partial charge is 0.277 e. The van der Waals surface area contributed by atoms with E-state index in [2.05, 4.69) is 19.7 Å². The Morgan fingerprint density at radius 2 is 2.09 bits per heavy atom. The molecule has 8 heteroatoms. The normalized spacial score (nSPS) is 11.7. The summed E-state index contributed by atoms with van der Waals surface area (Å²) in [6.45, 7) is 2.20. The molecule has 22 heavy (non-hydrogen) atoms. The van der Waals surface area contributed by atoms with E-state index >= 15 is 0 Å². The first-order valence-corrected chi connectivity index (χ1v) is 8.41. The first-order chi connectivity index (χ1) is 10.4. The molecule has 0 fully saturated rings. The van der Waals surface area contributed by atoms with Gasteiger partial charge >= 0.3 is 0 Å². The third-order valence-corrected chi connectivity index (χ3v) is 4.48. The van der Waals surface area contributed by atoms with Crippen LogP contribution in [0.5, 0.6) is 0 Å². The van der Waals surface area contributed by atoms with Gasteiger partial charge in [0.2, 0.25) is 5.91 Å². The second-order valence-corrected chi connectivity index (χ2v) is 6.64. The van der Waals surface area contributed by atoms with E-state index in [0.717, 1.165) is 16.5 Å². The van der Waals surface area contributed by atoms with E-state index in [0.29, 0.717) is 13.0 Å². The molecule has 0 radical (unpaired) electrons. The van der Waals surface area contributed by atoms with Crippen LogP contribution >= 0.6 is 0 Å². The Morgan fingerprint density at radius 3 is 2.82 bits per heavy atom. The van der Waals surface area contributed by atoms with E-state index in [1.807, 2.05) is 31.3 Å². The molecule has 4 N–H and O–H groups in total. The number of fused-ring (bicyclic) bond motifs is 1. The van der Waals surface area contributed by atoms with Gasteiger partial charge in [-0.3, -0.25) is 4.79 Å². The Labute approximate surface area is 129 Å². The van der Waals surface area contributed by atoms with Crippen molar-refractivity contribution in [2.75, 3.05) is 20.1 Å². The monoisotopic (exact) mass is 324 g/mol. The molecule has 1 aromatic heterocycles. The summed E-state index contributed by atoms with van der Waals surface area (Å²) in [4.78, 5) is 14.8. The molecule has 0 saturated carbocycles. The number of carbonyl (C=O) groups excluding carboxylic acids is 1. The third-order valence-electron chi connectivity index (χ3n) is 3.42. The zero-order valence-electron chi connectivity index (χ0n) is 12.6. The topological polar surface area (TPSA) is 103 Å². The molecule has 0 aliphatic heterocycles. The van der Waals surface area contributed by atoms with Crippen LogP contribution in [0, 0.1) is 6.92 Å². The van der Waals surface area contributed by atoms with E-state index in [4.69, 9.17) is 0 Å². The zero-order valence-corrected chi connectivity index (χ0v) is 13.4. The predicted molar refractivity (Wildman–Crippen MR) is 85.7 cm³/mol. The number of carbonyl (C=O) groups is 1. The highest BCUT2D eigenvalue weighted by Gasteiger charge is 2.09. The van der Waals surface area contributed by atoms with E-state index in [1.165, 1.54) is 12.6 Å². The van der Waals surface area contributed by atoms with Crippen LogP contribution < -0.4 is 14.8 Å². The number of hydrogen-bond acceptors (Lipinski definition) is 3. The Hall–Kier alpha value is -1.90. The Balaban J connectivity index is 1.85. The number of amides is 1. The van der Waals surface area contributed by atoms with Crippen LogP contribution in [0.4, 0.5) is 0 Å². The Kier molecular flexibility index (Phi) is 5.17. The maximum atomic E-state index is 11.6. The molecule has 0 atom stereocenters. The van der Waals surface area contributed by atoms with Gasteiger partial charge in [-0.25, -0.2) is 4.72 Å². The highest BCUT2D eigenvalue weighted by Crippen LogP contribution is 2.21. The minimum atomic E-state index is -3.58. The summed E-state index contributed by atoms with van der Waals surface area (Å²) in [5, 5.41) is 3.83. The number of H-pyrrole nitrogens is 1. The lowest BCUT2D eigenvalue weighted by Gasteiger charge is -2.06. The van der Waals surface area contributed by atoms with Gasteiger partial charge in [0.25, 0.3) is 10.2 Å². The predicted octanol–water partition coefficient (Wildman–Crippen LogP) is 0.189. The zero-order chi connectivity index (χ0) is 16.2. The van der Waals surface area contributed by atoms with E-state index in [1.54, 1.807) is 0 Å². The van der Waals surface area contributed by atoms with Crippen molar-refractivity contribution in [3.05, 3.63) is 35.5 Å². The fourth-order valence-corrected chi connectivity index (χ4v) is 2.67. The van der Waals surface area contributed by atoms with Gasteiger partial charge in [0.1, 0.15) is 0 Å². The molecule has 0 aliphatic rings. The number of benzene rings is 1. The summed E-state index contributed by atoms with van der Waals surface area (Å²) in [7, 11) is -2.31. The van der Waals surface area contributed by atoms with E-state index in [9.17, 15) is 13.2 Å². The van der Waals surface area contributed by atoms with Crippen LogP contribution in [0.15, 0.2) is 24.4 Å². The van der Waals surface area contributed by atoms with E-state index < -0.39 is 10.2 Å². The van der Waals surface area contributed by atoms with Crippen molar-refractivity contribution >= 4 is 27.0 Å². The highest BCUT2D eigenvalue weighted by molar-refractivity contribution is 7.87. The van der Waals surface area contributed by atoms with Crippen LogP contribution in [0.25, 0.3) is 10.9 Å². The van der Waals surface area contributed by atoms with Gasteiger partial charge in [-0.1, -0.05) is 18.2 Å². The number of nitrogens with one attached hydrogen (secondary N) is 4. The SMILES string of the molecule is CNS(=O)(=O)NCC(=O)NCCc1c[nH]c2c(C)cccc12. The lowest BCUT2D eigenvalue weighted by Crippen LogP contribution is -2.41. The summed E-state index contributed by atoms with van der Waals surface area (Å²) in [5.41, 5.74) is 3.40. The first-order valence-electron chi connectivity index (χ1n) is 6.93. The van der Waals surface area contributed by atoms with Crippen molar-refractivity contribution in [2.45, 2.75) is 13.3 Å². The number of aromatic nitrogens is 1. The lowest BCUT2D eigenvalue weighted by molar-refractivity contribution is -0.119. The molecule has 0 saturated heterocycles. The minimum absolute atomic E-state index is 0.282. The van der Waals surface area contributed by atoms with Crippen LogP contribution in [-0.4, -0.2) is 39.4 Å². The summed E-state index contributed by atoms with van der Waals surface area (Å²) in [6, 6.07) is 6.08. The summed E-state index contributed by atoms with van der Waals surface area (Å²) in [5.74, 6) is -0.366. The average Bonchev–Trinajstić information content (AvgIpc) is 2.90. The number of para-hydroxylation sites is 1. The first kappa shape index (κ1) is 16.5.